The van der Waals surface area contributed by atoms with E-state index in [1.54, 1.807) is 0 Å². The molecule has 0 amide bonds. The van der Waals surface area contributed by atoms with Crippen molar-refractivity contribution in [3.05, 3.63) is 71.3 Å². The number of benzene rings is 2. The van der Waals surface area contributed by atoms with Crippen LogP contribution in [0.4, 0.5) is 0 Å². The molecule has 0 radical (unpaired) electrons. The van der Waals surface area contributed by atoms with Crippen LogP contribution in [0.15, 0.2) is 54.6 Å². The Kier molecular flexibility index (Phi) is 2.29. The van der Waals surface area contributed by atoms with Crippen molar-refractivity contribution >= 4 is 12.1 Å². The minimum Gasteiger partial charge on any atom is -0.0622 e. The first kappa shape index (κ1) is 7.47. The Bertz CT molecular complexity index is 525. The molecule has 0 aliphatic rings. The van der Waals surface area contributed by atoms with Crippen molar-refractivity contribution in [2.75, 3.05) is 0 Å². The highest BCUT2D eigenvalue weighted by atomic mass is 13.9. The van der Waals surface area contributed by atoms with E-state index in [1.807, 2.05) is 61.5 Å². The van der Waals surface area contributed by atoms with E-state index in [0.29, 0.717) is 0 Å². The second-order valence-electron chi connectivity index (χ2n) is 3.48. The molecule has 0 unspecified atom stereocenters. The van der Waals surface area contributed by atoms with Gasteiger partial charge in [-0.3, -0.25) is 0 Å². The van der Waals surface area contributed by atoms with Crippen molar-refractivity contribution in [2.45, 2.75) is 6.92 Å². The van der Waals surface area contributed by atoms with Gasteiger partial charge in [-0.05, 0) is 18.1 Å². The van der Waals surface area contributed by atoms with Crippen LogP contribution >= 0.6 is 0 Å². The maximum Gasteiger partial charge on any atom is 0.0629 e. The van der Waals surface area contributed by atoms with E-state index in [4.69, 9.17) is 2.74 Å². The molecule has 0 aromatic heterocycles. The molecule has 0 fully saturated rings. The van der Waals surface area contributed by atoms with E-state index in [0.717, 1.165) is 16.7 Å². The van der Waals surface area contributed by atoms with E-state index >= 15 is 0 Å². The molecular weight excluding hydrogens is 180 g/mol. The molecule has 2 aromatic rings. The molecule has 2 rings (SSSR count). The number of hydrogen-bond acceptors (Lipinski definition) is 0. The third-order valence-electron chi connectivity index (χ3n) is 2.18. The van der Waals surface area contributed by atoms with Crippen LogP contribution < -0.4 is 0 Å². The molecule has 0 aliphatic heterocycles. The molecule has 0 nitrogen and oxygen atoms in total. The summed E-state index contributed by atoms with van der Waals surface area (Å²) < 4.78 is 16.0. The fourth-order valence-corrected chi connectivity index (χ4v) is 1.30. The summed E-state index contributed by atoms with van der Waals surface area (Å²) in [6, 6.07) is 17.6. The zero-order valence-corrected chi connectivity index (χ0v) is 8.70. The summed E-state index contributed by atoms with van der Waals surface area (Å²) >= 11 is 0. The van der Waals surface area contributed by atoms with E-state index in [1.165, 1.54) is 0 Å². The molecule has 0 heterocycles. The maximum atomic E-state index is 8.02. The lowest BCUT2D eigenvalue weighted by Gasteiger charge is -1.95. The van der Waals surface area contributed by atoms with Gasteiger partial charge >= 0.3 is 0 Å². The summed E-state index contributed by atoms with van der Waals surface area (Å²) in [7, 11) is 0. The number of rotatable bonds is 2. The number of hydrogen-bond donors (Lipinski definition) is 0. The molecule has 0 aliphatic carbocycles. The molecule has 0 saturated carbocycles. The van der Waals surface area contributed by atoms with Gasteiger partial charge in [0.1, 0.15) is 0 Å². The molecule has 0 heteroatoms. The van der Waals surface area contributed by atoms with E-state index < -0.39 is 0 Å². The standard InChI is InChI=1S/C15H14/c1-13-7-9-15(10-8-13)12-11-14-5-3-2-4-6-14/h2-12H,1H3/b12-11-/i11D,12D. The van der Waals surface area contributed by atoms with Gasteiger partial charge in [-0.15, -0.1) is 0 Å². The highest BCUT2D eigenvalue weighted by Gasteiger charge is 1.87. The van der Waals surface area contributed by atoms with Crippen molar-refractivity contribution in [1.82, 2.24) is 0 Å². The third-order valence-corrected chi connectivity index (χ3v) is 2.18. The molecule has 0 spiro atoms. The predicted molar refractivity (Wildman–Crippen MR) is 66.5 cm³/mol. The van der Waals surface area contributed by atoms with Crippen molar-refractivity contribution in [1.29, 1.82) is 0 Å². The monoisotopic (exact) mass is 196 g/mol. The quantitative estimate of drug-likeness (QED) is 0.632. The van der Waals surface area contributed by atoms with E-state index in [9.17, 15) is 0 Å². The van der Waals surface area contributed by atoms with Crippen molar-refractivity contribution in [3.63, 3.8) is 0 Å². The average Bonchev–Trinajstić information content (AvgIpc) is 2.39. The van der Waals surface area contributed by atoms with Gasteiger partial charge in [0.2, 0.25) is 0 Å². The molecule has 0 atom stereocenters. The minimum absolute atomic E-state index is 0.259. The normalized spacial score (nSPS) is 13.9. The summed E-state index contributed by atoms with van der Waals surface area (Å²) in [5.74, 6) is 0. The highest BCUT2D eigenvalue weighted by molar-refractivity contribution is 5.69. The SMILES string of the molecule is [2H]/C(=C(\[2H])c1ccc(C)cc1)c1ccccc1. The van der Waals surface area contributed by atoms with Gasteiger partial charge in [0, 0.05) is 0 Å². The Labute approximate surface area is 93.7 Å². The summed E-state index contributed by atoms with van der Waals surface area (Å²) in [6.45, 7) is 2.01. The lowest BCUT2D eigenvalue weighted by atomic mass is 10.1. The highest BCUT2D eigenvalue weighted by Crippen LogP contribution is 2.08. The topological polar surface area (TPSA) is 0 Å². The van der Waals surface area contributed by atoms with Gasteiger partial charge in [-0.2, -0.15) is 0 Å². The lowest BCUT2D eigenvalue weighted by Crippen LogP contribution is -1.74. The predicted octanol–water partition coefficient (Wildman–Crippen LogP) is 4.17. The van der Waals surface area contributed by atoms with Gasteiger partial charge in [-0.1, -0.05) is 72.3 Å². The van der Waals surface area contributed by atoms with Crippen molar-refractivity contribution in [3.8, 4) is 0 Å². The Morgan fingerprint density at radius 2 is 1.33 bits per heavy atom. The van der Waals surface area contributed by atoms with Crippen LogP contribution in [0.3, 0.4) is 0 Å². The van der Waals surface area contributed by atoms with Crippen LogP contribution in [0, 0.1) is 6.92 Å². The molecular formula is C15H14. The van der Waals surface area contributed by atoms with E-state index in [-0.39, 0.29) is 12.1 Å². The molecule has 0 N–H and O–H groups in total. The Morgan fingerprint density at radius 1 is 0.800 bits per heavy atom. The van der Waals surface area contributed by atoms with Crippen molar-refractivity contribution < 1.29 is 2.74 Å². The fourth-order valence-electron chi connectivity index (χ4n) is 1.30. The van der Waals surface area contributed by atoms with Crippen LogP contribution in [0.5, 0.6) is 0 Å². The Morgan fingerprint density at radius 3 is 1.93 bits per heavy atom. The third kappa shape index (κ3) is 2.81. The lowest BCUT2D eigenvalue weighted by molar-refractivity contribution is 1.46. The largest absolute Gasteiger partial charge is 0.0629 e. The molecule has 2 aromatic carbocycles. The molecule has 0 saturated heterocycles. The first-order valence-corrected chi connectivity index (χ1v) is 4.98. The molecule has 74 valence electrons. The summed E-state index contributed by atoms with van der Waals surface area (Å²) in [6.07, 6.45) is 0. The van der Waals surface area contributed by atoms with Crippen molar-refractivity contribution in [2.24, 2.45) is 0 Å². The zero-order valence-electron chi connectivity index (χ0n) is 10.7. The Balaban J connectivity index is 2.41. The van der Waals surface area contributed by atoms with Crippen LogP contribution in [0.1, 0.15) is 19.4 Å². The maximum absolute atomic E-state index is 8.02. The minimum atomic E-state index is 0.259. The molecule has 15 heavy (non-hydrogen) atoms. The van der Waals surface area contributed by atoms with Crippen LogP contribution in [-0.4, -0.2) is 0 Å². The van der Waals surface area contributed by atoms with Crippen LogP contribution in [0.2, 0.25) is 0 Å². The van der Waals surface area contributed by atoms with Gasteiger partial charge in [0.05, 0.1) is 2.74 Å². The smallest absolute Gasteiger partial charge is 0.0622 e. The average molecular weight is 196 g/mol. The van der Waals surface area contributed by atoms with Crippen LogP contribution in [-0.2, 0) is 0 Å². The first-order valence-electron chi connectivity index (χ1n) is 5.98. The summed E-state index contributed by atoms with van der Waals surface area (Å²) in [4.78, 5) is 0. The Hall–Kier alpha value is -1.82. The summed E-state index contributed by atoms with van der Waals surface area (Å²) in [5.41, 5.74) is 2.72. The molecule has 0 bridgehead atoms. The fraction of sp³-hybridized carbons (Fsp3) is 0.0667. The second kappa shape index (κ2) is 4.61. The second-order valence-corrected chi connectivity index (χ2v) is 3.48. The van der Waals surface area contributed by atoms with E-state index in [2.05, 4.69) is 0 Å². The first-order chi connectivity index (χ1) is 8.18. The van der Waals surface area contributed by atoms with Gasteiger partial charge in [-0.25, -0.2) is 0 Å². The van der Waals surface area contributed by atoms with Gasteiger partial charge < -0.3 is 0 Å². The van der Waals surface area contributed by atoms with Gasteiger partial charge in [0.15, 0.2) is 0 Å². The summed E-state index contributed by atoms with van der Waals surface area (Å²) in [5, 5.41) is 0. The zero-order chi connectivity index (χ0) is 12.3. The number of aryl methyl sites for hydroxylation is 1. The van der Waals surface area contributed by atoms with Gasteiger partial charge in [0.25, 0.3) is 0 Å². The van der Waals surface area contributed by atoms with Crippen LogP contribution in [0.25, 0.3) is 12.1 Å².